The quantitative estimate of drug-likeness (QED) is 0.666. The molecule has 2 fully saturated rings. The van der Waals surface area contributed by atoms with Gasteiger partial charge in [-0.3, -0.25) is 4.90 Å². The number of nitrogens with zero attached hydrogens (tertiary/aromatic N) is 1. The second-order valence-electron chi connectivity index (χ2n) is 9.99. The van der Waals surface area contributed by atoms with Gasteiger partial charge in [0.15, 0.2) is 0 Å². The van der Waals surface area contributed by atoms with E-state index in [1.54, 1.807) is 14.2 Å². The Morgan fingerprint density at radius 3 is 2.17 bits per heavy atom. The van der Waals surface area contributed by atoms with Crippen molar-refractivity contribution in [2.45, 2.75) is 63.3 Å². The average Bonchev–Trinajstić information content (AvgIpc) is 2.91. The summed E-state index contributed by atoms with van der Waals surface area (Å²) < 4.78 is 22.8. The molecule has 2 aromatic carbocycles. The molecule has 2 heterocycles. The molecule has 0 saturated carbocycles. The molecule has 6 nitrogen and oxygen atoms in total. The number of ether oxygens (including phenoxy) is 4. The van der Waals surface area contributed by atoms with E-state index in [-0.39, 0.29) is 12.4 Å². The largest absolute Gasteiger partial charge is 0.496 e. The second kappa shape index (κ2) is 12.6. The van der Waals surface area contributed by atoms with Gasteiger partial charge in [-0.15, -0.1) is 12.4 Å². The number of fused-ring (bicyclic) bond motifs is 4. The summed E-state index contributed by atoms with van der Waals surface area (Å²) >= 11 is 0. The molecule has 0 amide bonds. The van der Waals surface area contributed by atoms with Crippen LogP contribution in [0.25, 0.3) is 0 Å². The first-order chi connectivity index (χ1) is 17.2. The summed E-state index contributed by atoms with van der Waals surface area (Å²) in [5.74, 6) is 2.03. The molecule has 2 saturated heterocycles. The van der Waals surface area contributed by atoms with Gasteiger partial charge in [0.25, 0.3) is 0 Å². The predicted octanol–water partition coefficient (Wildman–Crippen LogP) is 3.85. The molecule has 0 spiro atoms. The Balaban J connectivity index is 0.000000167. The summed E-state index contributed by atoms with van der Waals surface area (Å²) in [5.41, 5.74) is 5.52. The highest BCUT2D eigenvalue weighted by Crippen LogP contribution is 2.34. The molecule has 0 bridgehead atoms. The van der Waals surface area contributed by atoms with E-state index < -0.39 is 0 Å². The molecule has 4 atom stereocenters. The maximum Gasteiger partial charge on any atom is 0.122 e. The van der Waals surface area contributed by atoms with Gasteiger partial charge in [-0.2, -0.15) is 0 Å². The monoisotopic (exact) mass is 516 g/mol. The average molecular weight is 517 g/mol. The molecule has 4 aliphatic rings. The second-order valence-corrected chi connectivity index (χ2v) is 9.99. The minimum atomic E-state index is 0. The van der Waals surface area contributed by atoms with Crippen molar-refractivity contribution >= 4 is 12.4 Å². The third kappa shape index (κ3) is 5.68. The minimum Gasteiger partial charge on any atom is -0.496 e. The lowest BCUT2D eigenvalue weighted by Crippen LogP contribution is -2.55. The number of hydrogen-bond acceptors (Lipinski definition) is 6. The van der Waals surface area contributed by atoms with Crippen LogP contribution in [0.4, 0.5) is 0 Å². The van der Waals surface area contributed by atoms with Crippen LogP contribution in [0.3, 0.4) is 0 Å². The highest BCUT2D eigenvalue weighted by atomic mass is 35.5. The van der Waals surface area contributed by atoms with Crippen LogP contribution in [0, 0.1) is 0 Å². The lowest BCUT2D eigenvalue weighted by atomic mass is 9.84. The lowest BCUT2D eigenvalue weighted by molar-refractivity contribution is -0.0741. The Hall–Kier alpha value is -1.83. The summed E-state index contributed by atoms with van der Waals surface area (Å²) in [4.78, 5) is 2.61. The summed E-state index contributed by atoms with van der Waals surface area (Å²) in [6.07, 6.45) is 5.98. The Labute approximate surface area is 222 Å². The lowest BCUT2D eigenvalue weighted by Gasteiger charge is -2.44. The zero-order chi connectivity index (χ0) is 24.2. The highest BCUT2D eigenvalue weighted by Gasteiger charge is 2.37. The van der Waals surface area contributed by atoms with Crippen molar-refractivity contribution in [2.75, 3.05) is 47.1 Å². The van der Waals surface area contributed by atoms with Crippen molar-refractivity contribution in [2.24, 2.45) is 0 Å². The van der Waals surface area contributed by atoms with Crippen LogP contribution in [0.15, 0.2) is 36.4 Å². The van der Waals surface area contributed by atoms with E-state index in [1.165, 1.54) is 35.2 Å². The summed E-state index contributed by atoms with van der Waals surface area (Å²) in [6, 6.07) is 13.7. The van der Waals surface area contributed by atoms with Crippen LogP contribution in [0.2, 0.25) is 0 Å². The van der Waals surface area contributed by atoms with Crippen molar-refractivity contribution in [3.05, 3.63) is 58.7 Å². The van der Waals surface area contributed by atoms with Crippen molar-refractivity contribution in [3.8, 4) is 11.5 Å². The fourth-order valence-corrected chi connectivity index (χ4v) is 6.28. The van der Waals surface area contributed by atoms with Crippen LogP contribution in [-0.4, -0.2) is 76.3 Å². The van der Waals surface area contributed by atoms with E-state index in [1.807, 2.05) is 6.07 Å². The van der Waals surface area contributed by atoms with Gasteiger partial charge in [0.2, 0.25) is 0 Å². The third-order valence-corrected chi connectivity index (χ3v) is 7.99. The zero-order valence-electron chi connectivity index (χ0n) is 21.8. The first-order valence-electron chi connectivity index (χ1n) is 13.2. The summed E-state index contributed by atoms with van der Waals surface area (Å²) in [7, 11) is 3.49. The van der Waals surface area contributed by atoms with Crippen LogP contribution in [0.1, 0.15) is 35.6 Å². The number of benzene rings is 2. The molecule has 0 aromatic heterocycles. The SMILES string of the molecule is CCCN1CCO[C@H]2Cc3c(cccc3OC)C[C@@H]21.COc1cccc2c1C[C@@H]1OCCN[C@H]1C2.Cl. The molecule has 2 aliphatic carbocycles. The minimum absolute atomic E-state index is 0. The van der Waals surface area contributed by atoms with Crippen molar-refractivity contribution in [1.29, 1.82) is 0 Å². The summed E-state index contributed by atoms with van der Waals surface area (Å²) in [6.45, 7) is 7.18. The van der Waals surface area contributed by atoms with Crippen molar-refractivity contribution < 1.29 is 18.9 Å². The molecule has 0 radical (unpaired) electrons. The number of halogens is 1. The van der Waals surface area contributed by atoms with E-state index in [0.29, 0.717) is 24.3 Å². The number of nitrogens with one attached hydrogen (secondary N) is 1. The maximum atomic E-state index is 6.02. The van der Waals surface area contributed by atoms with Gasteiger partial charge in [0, 0.05) is 38.0 Å². The van der Waals surface area contributed by atoms with Crippen LogP contribution >= 0.6 is 12.4 Å². The smallest absolute Gasteiger partial charge is 0.122 e. The van der Waals surface area contributed by atoms with Gasteiger partial charge < -0.3 is 24.3 Å². The summed E-state index contributed by atoms with van der Waals surface area (Å²) in [5, 5.41) is 3.53. The van der Waals surface area contributed by atoms with Crippen LogP contribution in [0.5, 0.6) is 11.5 Å². The first-order valence-corrected chi connectivity index (χ1v) is 13.2. The third-order valence-electron chi connectivity index (χ3n) is 7.99. The molecule has 198 valence electrons. The van der Waals surface area contributed by atoms with Gasteiger partial charge in [0.05, 0.1) is 39.6 Å². The molecule has 0 unspecified atom stereocenters. The molecule has 1 N–H and O–H groups in total. The molecule has 2 aliphatic heterocycles. The molecular weight excluding hydrogens is 476 g/mol. The van der Waals surface area contributed by atoms with E-state index in [2.05, 4.69) is 47.5 Å². The highest BCUT2D eigenvalue weighted by molar-refractivity contribution is 5.85. The van der Waals surface area contributed by atoms with Gasteiger partial charge in [-0.1, -0.05) is 31.2 Å². The maximum absolute atomic E-state index is 6.02. The number of methoxy groups -OCH3 is 2. The zero-order valence-corrected chi connectivity index (χ0v) is 22.6. The Morgan fingerprint density at radius 1 is 0.861 bits per heavy atom. The van der Waals surface area contributed by atoms with Crippen molar-refractivity contribution in [3.63, 3.8) is 0 Å². The molecule has 2 aromatic rings. The van der Waals surface area contributed by atoms with Gasteiger partial charge >= 0.3 is 0 Å². The van der Waals surface area contributed by atoms with Crippen LogP contribution < -0.4 is 14.8 Å². The Bertz CT molecular complexity index is 1000. The predicted molar refractivity (Wildman–Crippen MR) is 145 cm³/mol. The van der Waals surface area contributed by atoms with Gasteiger partial charge in [-0.25, -0.2) is 0 Å². The first kappa shape index (κ1) is 27.2. The Morgan fingerprint density at radius 2 is 1.50 bits per heavy atom. The van der Waals surface area contributed by atoms with E-state index >= 15 is 0 Å². The molecule has 36 heavy (non-hydrogen) atoms. The van der Waals surface area contributed by atoms with Crippen LogP contribution in [-0.2, 0) is 35.2 Å². The fourth-order valence-electron chi connectivity index (χ4n) is 6.28. The molecule has 6 rings (SSSR count). The number of hydrogen-bond donors (Lipinski definition) is 1. The topological polar surface area (TPSA) is 52.2 Å². The van der Waals surface area contributed by atoms with E-state index in [0.717, 1.165) is 63.5 Å². The van der Waals surface area contributed by atoms with E-state index in [9.17, 15) is 0 Å². The standard InChI is InChI=1S/C16H23NO2.C13H17NO2.ClH/c1-3-7-17-8-9-19-16-11-13-12(10-14(16)17)5-4-6-15(13)18-2;1-15-12-4-2-3-9-7-11-13(8-10(9)12)16-6-5-14-11;/h4-6,14,16H,3,7-11H2,1-2H3;2-4,11,13-14H,5-8H2,1H3;1H/t14-,16-;11-,13-;/m00./s1. The van der Waals surface area contributed by atoms with E-state index in [4.69, 9.17) is 18.9 Å². The van der Waals surface area contributed by atoms with Gasteiger partial charge in [0.1, 0.15) is 11.5 Å². The van der Waals surface area contributed by atoms with Crippen molar-refractivity contribution in [1.82, 2.24) is 10.2 Å². The number of rotatable bonds is 4. The molecule has 7 heteroatoms. The van der Waals surface area contributed by atoms with Gasteiger partial charge in [-0.05, 0) is 60.2 Å². The number of morpholine rings is 2. The Kier molecular flexibility index (Phi) is 9.53. The molecular formula is C29H41ClN2O4. The fraction of sp³-hybridized carbons (Fsp3) is 0.586. The normalized spacial score (nSPS) is 26.5.